The number of H-pyrrole nitrogens is 2. The van der Waals surface area contributed by atoms with E-state index >= 15 is 0 Å². The van der Waals surface area contributed by atoms with Gasteiger partial charge in [-0.1, -0.05) is 43.7 Å². The summed E-state index contributed by atoms with van der Waals surface area (Å²) in [6, 6.07) is 13.1. The van der Waals surface area contributed by atoms with Gasteiger partial charge in [-0.25, -0.2) is 14.2 Å². The number of nitrogens with two attached hydrogens (primary N) is 1. The van der Waals surface area contributed by atoms with Gasteiger partial charge in [0.2, 0.25) is 5.91 Å². The minimum absolute atomic E-state index is 0.188. The molecule has 0 spiro atoms. The van der Waals surface area contributed by atoms with Gasteiger partial charge in [-0.05, 0) is 42.2 Å². The number of hydrogen-bond donors (Lipinski definition) is 3. The van der Waals surface area contributed by atoms with Crippen LogP contribution < -0.4 is 17.0 Å². The summed E-state index contributed by atoms with van der Waals surface area (Å²) in [6.45, 7) is 2.42. The maximum Gasteiger partial charge on any atom is 0.330 e. The van der Waals surface area contributed by atoms with Gasteiger partial charge >= 0.3 is 5.69 Å². The van der Waals surface area contributed by atoms with Gasteiger partial charge < -0.3 is 10.7 Å². The Morgan fingerprint density at radius 1 is 1.12 bits per heavy atom. The number of carbonyl (C=O) groups excluding carboxylic acids is 1. The van der Waals surface area contributed by atoms with Crippen LogP contribution in [0.25, 0.3) is 11.2 Å². The van der Waals surface area contributed by atoms with Crippen LogP contribution in [0, 0.1) is 5.82 Å². The van der Waals surface area contributed by atoms with Crippen LogP contribution in [0.5, 0.6) is 0 Å². The van der Waals surface area contributed by atoms with Crippen molar-refractivity contribution >= 4 is 17.1 Å². The highest BCUT2D eigenvalue weighted by molar-refractivity contribution is 5.92. The third-order valence-electron chi connectivity index (χ3n) is 5.70. The summed E-state index contributed by atoms with van der Waals surface area (Å²) < 4.78 is 15.9. The number of hydrogen-bond acceptors (Lipinski definition) is 4. The molecule has 33 heavy (non-hydrogen) atoms. The number of unbranched alkanes of at least 4 members (excludes halogenated alkanes) is 1. The summed E-state index contributed by atoms with van der Waals surface area (Å²) in [5.74, 6) is -0.959. The van der Waals surface area contributed by atoms with Crippen LogP contribution in [0.4, 0.5) is 4.39 Å². The average Bonchev–Trinajstić information content (AvgIpc) is 3.24. The second-order valence-corrected chi connectivity index (χ2v) is 7.92. The van der Waals surface area contributed by atoms with Gasteiger partial charge in [-0.3, -0.25) is 19.1 Å². The third-order valence-corrected chi connectivity index (χ3v) is 5.70. The van der Waals surface area contributed by atoms with Crippen LogP contribution in [0.15, 0.2) is 58.1 Å². The third kappa shape index (κ3) is 4.48. The van der Waals surface area contributed by atoms with Gasteiger partial charge in [-0.2, -0.15) is 0 Å². The summed E-state index contributed by atoms with van der Waals surface area (Å²) in [7, 11) is 0. The molecule has 1 unspecified atom stereocenters. The van der Waals surface area contributed by atoms with Crippen molar-refractivity contribution in [2.45, 2.75) is 38.6 Å². The monoisotopic (exact) mass is 449 g/mol. The van der Waals surface area contributed by atoms with E-state index in [0.717, 1.165) is 18.4 Å². The molecule has 0 bridgehead atoms. The molecule has 4 aromatic rings. The largest absolute Gasteiger partial charge is 0.366 e. The van der Waals surface area contributed by atoms with Crippen molar-refractivity contribution in [3.63, 3.8) is 0 Å². The first-order valence-electron chi connectivity index (χ1n) is 10.7. The first-order chi connectivity index (χ1) is 15.9. The van der Waals surface area contributed by atoms with Gasteiger partial charge in [0.25, 0.3) is 5.56 Å². The molecule has 2 heterocycles. The molecule has 2 aromatic heterocycles. The van der Waals surface area contributed by atoms with E-state index in [2.05, 4.69) is 15.0 Å². The smallest absolute Gasteiger partial charge is 0.330 e. The number of carbonyl (C=O) groups is 1. The second kappa shape index (κ2) is 9.23. The molecule has 1 amide bonds. The number of aryl methyl sites for hydroxylation is 1. The van der Waals surface area contributed by atoms with Gasteiger partial charge in [0.15, 0.2) is 5.65 Å². The van der Waals surface area contributed by atoms with Gasteiger partial charge in [0, 0.05) is 18.0 Å². The van der Waals surface area contributed by atoms with Crippen molar-refractivity contribution in [2.75, 3.05) is 0 Å². The van der Waals surface area contributed by atoms with Gasteiger partial charge in [0.05, 0.1) is 0 Å². The summed E-state index contributed by atoms with van der Waals surface area (Å²) in [4.78, 5) is 46.4. The maximum atomic E-state index is 14.5. The molecule has 4 N–H and O–H groups in total. The normalized spacial score (nSPS) is 12.2. The number of nitrogens with zero attached hydrogens (tertiary/aromatic N) is 2. The predicted molar refractivity (Wildman–Crippen MR) is 123 cm³/mol. The number of aromatic nitrogens is 4. The summed E-state index contributed by atoms with van der Waals surface area (Å²) in [6.07, 6.45) is 1.86. The Morgan fingerprint density at radius 3 is 2.52 bits per heavy atom. The van der Waals surface area contributed by atoms with E-state index in [-0.39, 0.29) is 23.4 Å². The lowest BCUT2D eigenvalue weighted by Crippen LogP contribution is -2.30. The van der Waals surface area contributed by atoms with Crippen LogP contribution in [-0.4, -0.2) is 25.4 Å². The minimum atomic E-state index is -0.560. The number of imidazole rings is 1. The zero-order chi connectivity index (χ0) is 23.5. The van der Waals surface area contributed by atoms with Crippen molar-refractivity contribution < 1.29 is 9.18 Å². The van der Waals surface area contributed by atoms with Crippen molar-refractivity contribution in [1.82, 2.24) is 19.5 Å². The number of aromatic amines is 2. The Labute approximate surface area is 188 Å². The number of primary amides is 1. The van der Waals surface area contributed by atoms with Crippen LogP contribution in [0.1, 0.15) is 53.0 Å². The zero-order valence-electron chi connectivity index (χ0n) is 18.1. The topological polar surface area (TPSA) is 127 Å². The quantitative estimate of drug-likeness (QED) is 0.382. The predicted octanol–water partition coefficient (Wildman–Crippen LogP) is 2.83. The Kier molecular flexibility index (Phi) is 6.21. The fraction of sp³-hybridized carbons (Fsp3) is 0.250. The molecule has 0 fully saturated rings. The van der Waals surface area contributed by atoms with Crippen molar-refractivity contribution in [3.05, 3.63) is 97.7 Å². The number of benzene rings is 2. The summed E-state index contributed by atoms with van der Waals surface area (Å²) in [5, 5.41) is 0. The first kappa shape index (κ1) is 22.2. The fourth-order valence-corrected chi connectivity index (χ4v) is 3.88. The number of nitrogens with one attached hydrogen (secondary N) is 2. The van der Waals surface area contributed by atoms with Crippen molar-refractivity contribution in [3.8, 4) is 0 Å². The minimum Gasteiger partial charge on any atom is -0.366 e. The van der Waals surface area contributed by atoms with E-state index in [0.29, 0.717) is 23.5 Å². The molecule has 0 aliphatic heterocycles. The molecular weight excluding hydrogens is 425 g/mol. The molecule has 170 valence electrons. The summed E-state index contributed by atoms with van der Waals surface area (Å²) in [5.41, 5.74) is 6.30. The highest BCUT2D eigenvalue weighted by Crippen LogP contribution is 2.29. The van der Waals surface area contributed by atoms with Crippen LogP contribution >= 0.6 is 0 Å². The van der Waals surface area contributed by atoms with Gasteiger partial charge in [0.1, 0.15) is 17.2 Å². The molecule has 0 aliphatic carbocycles. The molecule has 0 aliphatic rings. The Hall–Kier alpha value is -4.01. The lowest BCUT2D eigenvalue weighted by molar-refractivity contribution is 0.100. The molecular formula is C24H24FN5O3. The van der Waals surface area contributed by atoms with Crippen LogP contribution in [0.2, 0.25) is 0 Å². The highest BCUT2D eigenvalue weighted by atomic mass is 19.1. The van der Waals surface area contributed by atoms with E-state index in [4.69, 9.17) is 5.73 Å². The molecule has 0 saturated heterocycles. The number of amides is 1. The SMILES string of the molecule is CCCCn1c(=O)[nH]c(=O)c2[nH]c(C(Cc3ccccc3F)c3ccc(C(N)=O)cc3)nc21. The van der Waals surface area contributed by atoms with Crippen molar-refractivity contribution in [2.24, 2.45) is 5.73 Å². The number of fused-ring (bicyclic) bond motifs is 1. The molecule has 8 nitrogen and oxygen atoms in total. The Morgan fingerprint density at radius 2 is 1.85 bits per heavy atom. The van der Waals surface area contributed by atoms with E-state index < -0.39 is 23.1 Å². The lowest BCUT2D eigenvalue weighted by Gasteiger charge is -2.16. The molecule has 9 heteroatoms. The number of rotatable bonds is 8. The van der Waals surface area contributed by atoms with E-state index in [1.165, 1.54) is 10.6 Å². The van der Waals surface area contributed by atoms with Gasteiger partial charge in [-0.15, -0.1) is 0 Å². The fourth-order valence-electron chi connectivity index (χ4n) is 3.88. The molecule has 1 atom stereocenters. The van der Waals surface area contributed by atoms with Crippen LogP contribution in [-0.2, 0) is 13.0 Å². The molecule has 0 radical (unpaired) electrons. The standard InChI is InChI=1S/C24H24FN5O3/c1-2-3-12-30-22-19(23(32)29-24(30)33)27-21(28-22)17(13-16-6-4-5-7-18(16)25)14-8-10-15(11-9-14)20(26)31/h4-11,17H,2-3,12-13H2,1H3,(H2,26,31)(H,27,28)(H,29,32,33). The van der Waals surface area contributed by atoms with E-state index in [9.17, 15) is 18.8 Å². The van der Waals surface area contributed by atoms with E-state index in [1.54, 1.807) is 42.5 Å². The first-order valence-corrected chi connectivity index (χ1v) is 10.7. The Balaban J connectivity index is 1.87. The zero-order valence-corrected chi connectivity index (χ0v) is 18.1. The summed E-state index contributed by atoms with van der Waals surface area (Å²) >= 11 is 0. The molecule has 0 saturated carbocycles. The number of halogens is 1. The molecule has 4 rings (SSSR count). The molecule has 2 aromatic carbocycles. The van der Waals surface area contributed by atoms with Crippen molar-refractivity contribution in [1.29, 1.82) is 0 Å². The lowest BCUT2D eigenvalue weighted by atomic mass is 9.90. The Bertz CT molecular complexity index is 1420. The van der Waals surface area contributed by atoms with E-state index in [1.807, 2.05) is 6.92 Å². The average molecular weight is 449 g/mol. The second-order valence-electron chi connectivity index (χ2n) is 7.92. The highest BCUT2D eigenvalue weighted by Gasteiger charge is 2.23. The maximum absolute atomic E-state index is 14.5. The van der Waals surface area contributed by atoms with Crippen LogP contribution in [0.3, 0.4) is 0 Å².